The second-order valence-corrected chi connectivity index (χ2v) is 10.1. The van der Waals surface area contributed by atoms with Gasteiger partial charge in [-0.2, -0.15) is 0 Å². The van der Waals surface area contributed by atoms with Crippen LogP contribution >= 0.6 is 11.8 Å². The quantitative estimate of drug-likeness (QED) is 0.490. The van der Waals surface area contributed by atoms with Gasteiger partial charge in [-0.25, -0.2) is 0 Å². The zero-order valence-corrected chi connectivity index (χ0v) is 20.4. The van der Waals surface area contributed by atoms with Crippen LogP contribution in [0.25, 0.3) is 10.9 Å². The molecule has 3 aromatic rings. The number of hydrogen-bond acceptors (Lipinski definition) is 3. The second kappa shape index (κ2) is 10.1. The van der Waals surface area contributed by atoms with Crippen LogP contribution in [0, 0.1) is 0 Å². The molecule has 2 aromatic carbocycles. The summed E-state index contributed by atoms with van der Waals surface area (Å²) < 4.78 is 2.13. The van der Waals surface area contributed by atoms with Crippen LogP contribution in [0.2, 0.25) is 0 Å². The Morgan fingerprint density at radius 2 is 1.88 bits per heavy atom. The standard InChI is InChI=1S/C28H31N3O2S/c1-30-23-15-9-8-14-22(23)25-26(27(33)29-18-21-12-6-3-7-13-21)31(24(32)19-34-28(25)30)17-16-20-10-4-2-5-11-20/h3,6-10,12-15,26H,2,4-5,11,16-19H2,1H3,(H,29,33)/t26-/m0/s1. The number of nitrogens with zero attached hydrogens (tertiary/aromatic N) is 2. The summed E-state index contributed by atoms with van der Waals surface area (Å²) in [5, 5.41) is 5.19. The number of benzene rings is 2. The molecule has 1 aliphatic heterocycles. The number of carbonyl (C=O) groups is 2. The summed E-state index contributed by atoms with van der Waals surface area (Å²) in [6.07, 6.45) is 7.83. The van der Waals surface area contributed by atoms with E-state index in [2.05, 4.69) is 28.1 Å². The minimum absolute atomic E-state index is 0.0292. The fraction of sp³-hybridized carbons (Fsp3) is 0.357. The first-order valence-corrected chi connectivity index (χ1v) is 13.1. The Kier molecular flexibility index (Phi) is 6.77. The molecule has 2 amide bonds. The van der Waals surface area contributed by atoms with Crippen molar-refractivity contribution in [3.63, 3.8) is 0 Å². The van der Waals surface area contributed by atoms with E-state index in [0.29, 0.717) is 18.8 Å². The predicted octanol–water partition coefficient (Wildman–Crippen LogP) is 5.36. The SMILES string of the molecule is Cn1c2c(c3ccccc31)[C@@H](C(=O)NCc1ccccc1)N(CCC1=CCCCC1)C(=O)CS2. The van der Waals surface area contributed by atoms with Crippen molar-refractivity contribution in [2.24, 2.45) is 7.05 Å². The molecule has 1 aliphatic carbocycles. The molecule has 2 heterocycles. The minimum Gasteiger partial charge on any atom is -0.350 e. The molecule has 0 saturated carbocycles. The molecule has 1 atom stereocenters. The number of fused-ring (bicyclic) bond motifs is 3. The fourth-order valence-corrected chi connectivity index (χ4v) is 6.25. The van der Waals surface area contributed by atoms with Crippen LogP contribution in [-0.4, -0.2) is 33.6 Å². The van der Waals surface area contributed by atoms with Gasteiger partial charge < -0.3 is 14.8 Å². The first-order valence-electron chi connectivity index (χ1n) is 12.1. The van der Waals surface area contributed by atoms with E-state index < -0.39 is 6.04 Å². The largest absolute Gasteiger partial charge is 0.350 e. The highest BCUT2D eigenvalue weighted by Gasteiger charge is 2.38. The van der Waals surface area contributed by atoms with Gasteiger partial charge >= 0.3 is 0 Å². The molecule has 0 unspecified atom stereocenters. The predicted molar refractivity (Wildman–Crippen MR) is 138 cm³/mol. The summed E-state index contributed by atoms with van der Waals surface area (Å²) in [5.41, 5.74) is 4.50. The number of aryl methyl sites for hydroxylation is 1. The van der Waals surface area contributed by atoms with E-state index in [4.69, 9.17) is 0 Å². The van der Waals surface area contributed by atoms with E-state index in [1.165, 1.54) is 18.4 Å². The normalized spacial score (nSPS) is 18.4. The molecular weight excluding hydrogens is 442 g/mol. The molecule has 5 nitrogen and oxygen atoms in total. The lowest BCUT2D eigenvalue weighted by molar-refractivity contribution is -0.139. The first kappa shape index (κ1) is 22.8. The molecule has 176 valence electrons. The molecular formula is C28H31N3O2S. The molecule has 6 heteroatoms. The Morgan fingerprint density at radius 3 is 2.68 bits per heavy atom. The Labute approximate surface area is 205 Å². The molecule has 0 saturated heterocycles. The van der Waals surface area contributed by atoms with Crippen LogP contribution in [0.4, 0.5) is 0 Å². The van der Waals surface area contributed by atoms with Crippen LogP contribution in [0.1, 0.15) is 49.3 Å². The van der Waals surface area contributed by atoms with Gasteiger partial charge in [0, 0.05) is 36.6 Å². The summed E-state index contributed by atoms with van der Waals surface area (Å²) in [6.45, 7) is 1.01. The maximum Gasteiger partial charge on any atom is 0.247 e. The third-order valence-corrected chi connectivity index (χ3v) is 8.10. The van der Waals surface area contributed by atoms with Gasteiger partial charge in [0.15, 0.2) is 0 Å². The van der Waals surface area contributed by atoms with Gasteiger partial charge in [0.2, 0.25) is 11.8 Å². The Balaban J connectivity index is 1.52. The van der Waals surface area contributed by atoms with E-state index in [9.17, 15) is 9.59 Å². The van der Waals surface area contributed by atoms with Gasteiger partial charge in [0.25, 0.3) is 0 Å². The summed E-state index contributed by atoms with van der Waals surface area (Å²) in [7, 11) is 2.03. The van der Waals surface area contributed by atoms with Gasteiger partial charge in [0.1, 0.15) is 6.04 Å². The molecule has 0 fully saturated rings. The summed E-state index contributed by atoms with van der Waals surface area (Å²) in [5.74, 6) is 0.259. The van der Waals surface area contributed by atoms with Crippen molar-refractivity contribution in [3.8, 4) is 0 Å². The number of aromatic nitrogens is 1. The molecule has 0 spiro atoms. The van der Waals surface area contributed by atoms with Crippen molar-refractivity contribution in [1.82, 2.24) is 14.8 Å². The van der Waals surface area contributed by atoms with Crippen molar-refractivity contribution in [1.29, 1.82) is 0 Å². The van der Waals surface area contributed by atoms with Crippen molar-refractivity contribution < 1.29 is 9.59 Å². The highest BCUT2D eigenvalue weighted by atomic mass is 32.2. The average Bonchev–Trinajstić information content (AvgIpc) is 3.06. The average molecular weight is 474 g/mol. The van der Waals surface area contributed by atoms with Gasteiger partial charge in [-0.15, -0.1) is 0 Å². The maximum atomic E-state index is 13.8. The molecule has 5 rings (SSSR count). The minimum atomic E-state index is -0.642. The molecule has 1 N–H and O–H groups in total. The first-order chi connectivity index (χ1) is 16.6. The van der Waals surface area contributed by atoms with E-state index in [1.54, 1.807) is 11.8 Å². The zero-order chi connectivity index (χ0) is 23.5. The number of para-hydroxylation sites is 1. The van der Waals surface area contributed by atoms with Crippen LogP contribution in [0.5, 0.6) is 0 Å². The van der Waals surface area contributed by atoms with Crippen molar-refractivity contribution >= 4 is 34.5 Å². The molecule has 1 aromatic heterocycles. The lowest BCUT2D eigenvalue weighted by atomic mass is 9.96. The molecule has 0 bridgehead atoms. The Bertz CT molecular complexity index is 1230. The van der Waals surface area contributed by atoms with Crippen LogP contribution in [0.15, 0.2) is 71.3 Å². The number of carbonyl (C=O) groups excluding carboxylic acids is 2. The lowest BCUT2D eigenvalue weighted by Crippen LogP contribution is -2.44. The summed E-state index contributed by atoms with van der Waals surface area (Å²) in [4.78, 5) is 29.0. The maximum absolute atomic E-state index is 13.8. The van der Waals surface area contributed by atoms with E-state index >= 15 is 0 Å². The second-order valence-electron chi connectivity index (χ2n) is 9.13. The lowest BCUT2D eigenvalue weighted by Gasteiger charge is -2.30. The van der Waals surface area contributed by atoms with Crippen LogP contribution < -0.4 is 5.32 Å². The van der Waals surface area contributed by atoms with Gasteiger partial charge in [-0.05, 0) is 43.7 Å². The molecule has 2 aliphatic rings. The highest BCUT2D eigenvalue weighted by molar-refractivity contribution is 8.00. The molecule has 34 heavy (non-hydrogen) atoms. The Hall–Kier alpha value is -2.99. The van der Waals surface area contributed by atoms with Crippen LogP contribution in [-0.2, 0) is 23.2 Å². The number of thioether (sulfide) groups is 1. The monoisotopic (exact) mass is 473 g/mol. The highest BCUT2D eigenvalue weighted by Crippen LogP contribution is 2.42. The van der Waals surface area contributed by atoms with E-state index in [0.717, 1.165) is 46.3 Å². The smallest absolute Gasteiger partial charge is 0.247 e. The number of hydrogen-bond donors (Lipinski definition) is 1. The zero-order valence-electron chi connectivity index (χ0n) is 19.6. The number of amides is 2. The third kappa shape index (κ3) is 4.51. The van der Waals surface area contributed by atoms with Crippen molar-refractivity contribution in [2.45, 2.75) is 49.7 Å². The van der Waals surface area contributed by atoms with Crippen molar-refractivity contribution in [3.05, 3.63) is 77.4 Å². The third-order valence-electron chi connectivity index (χ3n) is 6.95. The molecule has 0 radical (unpaired) electrons. The summed E-state index contributed by atoms with van der Waals surface area (Å²) >= 11 is 1.55. The van der Waals surface area contributed by atoms with Gasteiger partial charge in [-0.3, -0.25) is 9.59 Å². The topological polar surface area (TPSA) is 54.3 Å². The van der Waals surface area contributed by atoms with E-state index in [-0.39, 0.29) is 11.8 Å². The van der Waals surface area contributed by atoms with Gasteiger partial charge in [0.05, 0.1) is 10.8 Å². The van der Waals surface area contributed by atoms with Crippen LogP contribution in [0.3, 0.4) is 0 Å². The van der Waals surface area contributed by atoms with Crippen molar-refractivity contribution in [2.75, 3.05) is 12.3 Å². The summed E-state index contributed by atoms with van der Waals surface area (Å²) in [6, 6.07) is 17.5. The van der Waals surface area contributed by atoms with E-state index in [1.807, 2.05) is 54.4 Å². The Morgan fingerprint density at radius 1 is 1.09 bits per heavy atom. The number of nitrogens with one attached hydrogen (secondary N) is 1. The fourth-order valence-electron chi connectivity index (χ4n) is 5.15. The van der Waals surface area contributed by atoms with Gasteiger partial charge in [-0.1, -0.05) is 71.9 Å². The number of allylic oxidation sites excluding steroid dienone is 1. The number of rotatable bonds is 6.